The molecular weight excluding hydrogens is 338 g/mol. The lowest BCUT2D eigenvalue weighted by molar-refractivity contribution is -0.329. The molecule has 0 saturated heterocycles. The summed E-state index contributed by atoms with van der Waals surface area (Å²) in [6.07, 6.45) is 0.966. The molecule has 22 heavy (non-hydrogen) atoms. The minimum absolute atomic E-state index is 0.889. The van der Waals surface area contributed by atoms with E-state index in [4.69, 9.17) is 5.73 Å². The molecule has 0 radical (unpaired) electrons. The summed E-state index contributed by atoms with van der Waals surface area (Å²) >= 11 is 3.52. The fourth-order valence-corrected chi connectivity index (χ4v) is 3.58. The SMILES string of the molecule is Cc1cccc(N2CCc3c2[nH+]c2ccc(Br)cc2c3N)c1. The van der Waals surface area contributed by atoms with Crippen LogP contribution in [0.2, 0.25) is 0 Å². The number of aromatic amines is 1. The number of pyridine rings is 1. The van der Waals surface area contributed by atoms with Gasteiger partial charge in [-0.15, -0.1) is 0 Å². The van der Waals surface area contributed by atoms with Gasteiger partial charge in [0.15, 0.2) is 0 Å². The number of aromatic nitrogens is 1. The van der Waals surface area contributed by atoms with Gasteiger partial charge in [-0.05, 0) is 42.8 Å². The molecule has 0 saturated carbocycles. The van der Waals surface area contributed by atoms with Crippen molar-refractivity contribution in [1.29, 1.82) is 0 Å². The molecule has 0 aliphatic carbocycles. The first-order valence-electron chi connectivity index (χ1n) is 7.40. The molecule has 0 bridgehead atoms. The number of halogens is 1. The van der Waals surface area contributed by atoms with Crippen molar-refractivity contribution < 1.29 is 4.98 Å². The molecule has 0 fully saturated rings. The van der Waals surface area contributed by atoms with E-state index in [9.17, 15) is 0 Å². The predicted molar refractivity (Wildman–Crippen MR) is 94.5 cm³/mol. The number of hydrogen-bond donors (Lipinski definition) is 1. The molecule has 3 N–H and O–H groups in total. The molecule has 0 spiro atoms. The number of anilines is 3. The molecule has 2 aromatic carbocycles. The number of rotatable bonds is 1. The summed E-state index contributed by atoms with van der Waals surface area (Å²) in [5.74, 6) is 1.12. The molecule has 0 amide bonds. The van der Waals surface area contributed by atoms with Crippen molar-refractivity contribution in [3.8, 4) is 0 Å². The summed E-state index contributed by atoms with van der Waals surface area (Å²) in [7, 11) is 0. The Kier molecular flexibility index (Phi) is 3.08. The van der Waals surface area contributed by atoms with Crippen molar-refractivity contribution in [1.82, 2.24) is 0 Å². The van der Waals surface area contributed by atoms with Crippen molar-refractivity contribution >= 4 is 44.0 Å². The number of nitrogens with one attached hydrogen (secondary N) is 1. The van der Waals surface area contributed by atoms with E-state index in [0.717, 1.165) is 39.8 Å². The highest BCUT2D eigenvalue weighted by Crippen LogP contribution is 2.37. The first-order valence-corrected chi connectivity index (χ1v) is 8.20. The summed E-state index contributed by atoms with van der Waals surface area (Å²) in [6.45, 7) is 3.08. The number of hydrogen-bond acceptors (Lipinski definition) is 2. The summed E-state index contributed by atoms with van der Waals surface area (Å²) < 4.78 is 1.05. The fourth-order valence-electron chi connectivity index (χ4n) is 3.21. The van der Waals surface area contributed by atoms with Crippen molar-refractivity contribution in [2.45, 2.75) is 13.3 Å². The van der Waals surface area contributed by atoms with Crippen LogP contribution in [0, 0.1) is 6.92 Å². The topological polar surface area (TPSA) is 43.4 Å². The first kappa shape index (κ1) is 13.6. The number of nitrogen functional groups attached to an aromatic ring is 1. The fraction of sp³-hybridized carbons (Fsp3) is 0.167. The van der Waals surface area contributed by atoms with Gasteiger partial charge in [-0.3, -0.25) is 0 Å². The average Bonchev–Trinajstić information content (AvgIpc) is 2.92. The van der Waals surface area contributed by atoms with Gasteiger partial charge in [0.25, 0.3) is 5.82 Å². The Bertz CT molecular complexity index is 889. The largest absolute Gasteiger partial charge is 0.398 e. The zero-order valence-electron chi connectivity index (χ0n) is 12.4. The number of aryl methyl sites for hydroxylation is 1. The molecule has 4 heteroatoms. The molecule has 3 nitrogen and oxygen atoms in total. The first-order chi connectivity index (χ1) is 10.6. The smallest absolute Gasteiger partial charge is 0.285 e. The van der Waals surface area contributed by atoms with E-state index in [2.05, 4.69) is 69.1 Å². The number of nitrogens with two attached hydrogens (primary N) is 1. The number of fused-ring (bicyclic) bond motifs is 2. The second kappa shape index (κ2) is 4.99. The van der Waals surface area contributed by atoms with Crippen molar-refractivity contribution in [2.75, 3.05) is 17.2 Å². The van der Waals surface area contributed by atoms with Gasteiger partial charge >= 0.3 is 0 Å². The minimum Gasteiger partial charge on any atom is -0.398 e. The van der Waals surface area contributed by atoms with E-state index in [-0.39, 0.29) is 0 Å². The number of nitrogens with zero attached hydrogens (tertiary/aromatic N) is 1. The highest BCUT2D eigenvalue weighted by molar-refractivity contribution is 9.10. The van der Waals surface area contributed by atoms with Gasteiger partial charge in [0, 0.05) is 16.3 Å². The van der Waals surface area contributed by atoms with E-state index < -0.39 is 0 Å². The van der Waals surface area contributed by atoms with Crippen LogP contribution < -0.4 is 15.6 Å². The molecule has 0 atom stereocenters. The van der Waals surface area contributed by atoms with Gasteiger partial charge in [0.2, 0.25) is 0 Å². The van der Waals surface area contributed by atoms with Gasteiger partial charge < -0.3 is 5.73 Å². The van der Waals surface area contributed by atoms with Crippen LogP contribution in [0.5, 0.6) is 0 Å². The molecule has 2 heterocycles. The number of benzene rings is 2. The molecule has 1 aliphatic heterocycles. The van der Waals surface area contributed by atoms with Gasteiger partial charge in [0.1, 0.15) is 11.2 Å². The maximum Gasteiger partial charge on any atom is 0.285 e. The zero-order chi connectivity index (χ0) is 15.3. The Balaban J connectivity index is 1.92. The Hall–Kier alpha value is -2.07. The van der Waals surface area contributed by atoms with E-state index in [0.29, 0.717) is 0 Å². The molecule has 1 aromatic heterocycles. The average molecular weight is 355 g/mol. The lowest BCUT2D eigenvalue weighted by Crippen LogP contribution is -2.21. The lowest BCUT2D eigenvalue weighted by Gasteiger charge is -2.12. The molecule has 0 unspecified atom stereocenters. The molecule has 110 valence electrons. The van der Waals surface area contributed by atoms with Crippen molar-refractivity contribution in [2.24, 2.45) is 0 Å². The Morgan fingerprint density at radius 1 is 1.18 bits per heavy atom. The van der Waals surface area contributed by atoms with Crippen LogP contribution in [0.3, 0.4) is 0 Å². The molecular formula is C18H17BrN3+. The van der Waals surface area contributed by atoms with Gasteiger partial charge in [-0.2, -0.15) is 0 Å². The normalized spacial score (nSPS) is 13.6. The highest BCUT2D eigenvalue weighted by Gasteiger charge is 2.32. The summed E-state index contributed by atoms with van der Waals surface area (Å²) in [6, 6.07) is 14.8. The third-order valence-electron chi connectivity index (χ3n) is 4.30. The number of H-pyrrole nitrogens is 1. The molecule has 1 aliphatic rings. The van der Waals surface area contributed by atoms with Gasteiger partial charge in [-0.25, -0.2) is 9.88 Å². The minimum atomic E-state index is 0.889. The summed E-state index contributed by atoms with van der Waals surface area (Å²) in [5, 5.41) is 1.08. The van der Waals surface area contributed by atoms with Crippen LogP contribution in [-0.2, 0) is 6.42 Å². The lowest BCUT2D eigenvalue weighted by atomic mass is 10.1. The van der Waals surface area contributed by atoms with Crippen LogP contribution in [0.1, 0.15) is 11.1 Å². The Morgan fingerprint density at radius 3 is 2.86 bits per heavy atom. The van der Waals surface area contributed by atoms with E-state index in [1.54, 1.807) is 0 Å². The van der Waals surface area contributed by atoms with Crippen LogP contribution in [0.15, 0.2) is 46.9 Å². The zero-order valence-corrected chi connectivity index (χ0v) is 13.9. The van der Waals surface area contributed by atoms with Crippen molar-refractivity contribution in [3.63, 3.8) is 0 Å². The second-order valence-electron chi connectivity index (χ2n) is 5.80. The monoisotopic (exact) mass is 354 g/mol. The quantitative estimate of drug-likeness (QED) is 0.717. The van der Waals surface area contributed by atoms with Crippen LogP contribution in [-0.4, -0.2) is 6.54 Å². The van der Waals surface area contributed by atoms with E-state index in [1.165, 1.54) is 16.8 Å². The maximum absolute atomic E-state index is 6.44. The van der Waals surface area contributed by atoms with E-state index >= 15 is 0 Å². The molecule has 4 rings (SSSR count). The maximum atomic E-state index is 6.44. The third kappa shape index (κ3) is 2.06. The Labute approximate surface area is 137 Å². The second-order valence-corrected chi connectivity index (χ2v) is 6.71. The molecule has 3 aromatic rings. The van der Waals surface area contributed by atoms with Crippen LogP contribution in [0.4, 0.5) is 17.2 Å². The predicted octanol–water partition coefficient (Wildman–Crippen LogP) is 4.00. The Morgan fingerprint density at radius 2 is 2.05 bits per heavy atom. The van der Waals surface area contributed by atoms with Crippen LogP contribution >= 0.6 is 15.9 Å². The standard InChI is InChI=1S/C18H16BrN3/c1-11-3-2-4-13(9-11)22-8-7-14-17(20)15-10-12(19)5-6-16(15)21-18(14)22/h2-6,9-10H,7-8H2,1H3,(H2,20,21)/p+1. The summed E-state index contributed by atoms with van der Waals surface area (Å²) in [5.41, 5.74) is 12.1. The van der Waals surface area contributed by atoms with E-state index in [1.807, 2.05) is 6.07 Å². The van der Waals surface area contributed by atoms with Gasteiger partial charge in [0.05, 0.1) is 17.8 Å². The summed E-state index contributed by atoms with van der Waals surface area (Å²) in [4.78, 5) is 5.89. The van der Waals surface area contributed by atoms with Crippen LogP contribution in [0.25, 0.3) is 10.9 Å². The van der Waals surface area contributed by atoms with Gasteiger partial charge in [-0.1, -0.05) is 28.1 Å². The van der Waals surface area contributed by atoms with Crippen molar-refractivity contribution in [3.05, 3.63) is 58.1 Å². The highest BCUT2D eigenvalue weighted by atomic mass is 79.9. The third-order valence-corrected chi connectivity index (χ3v) is 4.80.